The van der Waals surface area contributed by atoms with E-state index in [-0.39, 0.29) is 18.0 Å². The third-order valence-electron chi connectivity index (χ3n) is 7.62. The van der Waals surface area contributed by atoms with Crippen LogP contribution in [0.3, 0.4) is 0 Å². The smallest absolute Gasteiger partial charge is 0.282 e. The van der Waals surface area contributed by atoms with E-state index in [2.05, 4.69) is 5.32 Å². The molecule has 0 saturated heterocycles. The average Bonchev–Trinajstić information content (AvgIpc) is 3.57. The molecule has 0 aliphatic carbocycles. The van der Waals surface area contributed by atoms with Crippen LogP contribution in [0.2, 0.25) is 0 Å². The van der Waals surface area contributed by atoms with Crippen molar-refractivity contribution >= 4 is 50.6 Å². The predicted molar refractivity (Wildman–Crippen MR) is 171 cm³/mol. The lowest BCUT2D eigenvalue weighted by Crippen LogP contribution is -2.20. The molecule has 0 saturated carbocycles. The molecule has 8 nitrogen and oxygen atoms in total. The van der Waals surface area contributed by atoms with Gasteiger partial charge in [-0.1, -0.05) is 66.2 Å². The topological polar surface area (TPSA) is 94.4 Å². The number of benzene rings is 4. The highest BCUT2D eigenvalue weighted by molar-refractivity contribution is 6.02. The van der Waals surface area contributed by atoms with Gasteiger partial charge in [0.1, 0.15) is 12.1 Å². The summed E-state index contributed by atoms with van der Waals surface area (Å²) >= 11 is 0. The molecule has 4 aromatic carbocycles. The quantitative estimate of drug-likeness (QED) is 0.222. The van der Waals surface area contributed by atoms with E-state index in [0.717, 1.165) is 38.8 Å². The molecule has 3 aromatic heterocycles. The number of nitrogens with one attached hydrogen (secondary N) is 1. The Hall–Kier alpha value is -5.76. The Bertz CT molecular complexity index is 2220. The molecule has 7 rings (SSSR count). The van der Waals surface area contributed by atoms with Crippen LogP contribution < -0.4 is 10.9 Å². The van der Waals surface area contributed by atoms with Gasteiger partial charge in [0.2, 0.25) is 11.7 Å². The van der Waals surface area contributed by atoms with Crippen molar-refractivity contribution in [2.24, 2.45) is 5.10 Å². The second kappa shape index (κ2) is 10.6. The van der Waals surface area contributed by atoms with Crippen molar-refractivity contribution in [2.45, 2.75) is 20.4 Å². The van der Waals surface area contributed by atoms with Crippen molar-refractivity contribution in [3.8, 4) is 11.6 Å². The Morgan fingerprint density at radius 1 is 0.907 bits per heavy atom. The van der Waals surface area contributed by atoms with E-state index in [0.29, 0.717) is 28.1 Å². The molecule has 0 radical (unpaired) electrons. The number of carbonyl (C=O) groups excluding carboxylic acids is 1. The highest BCUT2D eigenvalue weighted by atomic mass is 16.3. The molecular formula is C35H27N5O3. The fourth-order valence-corrected chi connectivity index (χ4v) is 5.40. The minimum atomic E-state index is -0.309. The standard InChI is InChI=1S/C35H27N5O3/c1-22-15-17-25(18-16-22)37-33(41)21-39-23(2)28(26-10-5-7-13-30(26)39)20-36-40-34(32-19-24-9-3-8-14-31(24)43-32)38-29-12-6-4-11-27(29)35(40)42/h3-20H,21H2,1-2H3,(H,37,41). The highest BCUT2D eigenvalue weighted by Crippen LogP contribution is 2.28. The number of aromatic nitrogens is 3. The molecule has 1 N–H and O–H groups in total. The summed E-state index contributed by atoms with van der Waals surface area (Å²) in [5.41, 5.74) is 5.34. The highest BCUT2D eigenvalue weighted by Gasteiger charge is 2.18. The lowest BCUT2D eigenvalue weighted by molar-refractivity contribution is -0.116. The van der Waals surface area contributed by atoms with E-state index in [1.807, 2.05) is 103 Å². The molecule has 8 heteroatoms. The van der Waals surface area contributed by atoms with Crippen molar-refractivity contribution < 1.29 is 9.21 Å². The third kappa shape index (κ3) is 4.78. The first-order valence-electron chi connectivity index (χ1n) is 14.0. The van der Waals surface area contributed by atoms with Gasteiger partial charge in [0.25, 0.3) is 5.56 Å². The van der Waals surface area contributed by atoms with Gasteiger partial charge in [0.15, 0.2) is 5.76 Å². The van der Waals surface area contributed by atoms with E-state index >= 15 is 0 Å². The molecule has 0 fully saturated rings. The maximum absolute atomic E-state index is 13.8. The Labute approximate surface area is 246 Å². The summed E-state index contributed by atoms with van der Waals surface area (Å²) in [6.45, 7) is 4.07. The fourth-order valence-electron chi connectivity index (χ4n) is 5.40. The maximum Gasteiger partial charge on any atom is 0.282 e. The van der Waals surface area contributed by atoms with Crippen LogP contribution in [0.4, 0.5) is 5.69 Å². The molecule has 0 atom stereocenters. The number of rotatable bonds is 6. The number of para-hydroxylation sites is 3. The summed E-state index contributed by atoms with van der Waals surface area (Å²) in [7, 11) is 0. The summed E-state index contributed by atoms with van der Waals surface area (Å²) in [4.78, 5) is 31.6. The van der Waals surface area contributed by atoms with Crippen LogP contribution in [0.5, 0.6) is 0 Å². The van der Waals surface area contributed by atoms with Crippen molar-refractivity contribution in [2.75, 3.05) is 5.32 Å². The predicted octanol–water partition coefficient (Wildman–Crippen LogP) is 6.90. The fraction of sp³-hybridized carbons (Fsp3) is 0.0857. The molecule has 0 aliphatic rings. The lowest BCUT2D eigenvalue weighted by Gasteiger charge is -2.10. The molecule has 0 unspecified atom stereocenters. The summed E-state index contributed by atoms with van der Waals surface area (Å²) in [6, 6.07) is 32.2. The minimum absolute atomic E-state index is 0.121. The summed E-state index contributed by atoms with van der Waals surface area (Å²) in [6.07, 6.45) is 1.66. The lowest BCUT2D eigenvalue weighted by atomic mass is 10.1. The largest absolute Gasteiger partial charge is 0.453 e. The van der Waals surface area contributed by atoms with Crippen LogP contribution in [0.25, 0.3) is 44.4 Å². The number of amides is 1. The number of hydrogen-bond acceptors (Lipinski definition) is 5. The monoisotopic (exact) mass is 565 g/mol. The van der Waals surface area contributed by atoms with Gasteiger partial charge >= 0.3 is 0 Å². The first-order valence-corrected chi connectivity index (χ1v) is 14.0. The zero-order valence-corrected chi connectivity index (χ0v) is 23.6. The maximum atomic E-state index is 13.8. The summed E-state index contributed by atoms with van der Waals surface area (Å²) in [5, 5.41) is 9.94. The number of hydrogen-bond donors (Lipinski definition) is 1. The van der Waals surface area contributed by atoms with Crippen LogP contribution in [-0.2, 0) is 11.3 Å². The number of carbonyl (C=O) groups is 1. The van der Waals surface area contributed by atoms with Crippen LogP contribution >= 0.6 is 0 Å². The normalized spacial score (nSPS) is 11.7. The second-order valence-electron chi connectivity index (χ2n) is 10.5. The van der Waals surface area contributed by atoms with E-state index in [9.17, 15) is 9.59 Å². The van der Waals surface area contributed by atoms with E-state index in [1.165, 1.54) is 4.68 Å². The molecular weight excluding hydrogens is 538 g/mol. The molecule has 1 amide bonds. The van der Waals surface area contributed by atoms with Gasteiger partial charge in [0, 0.05) is 33.2 Å². The van der Waals surface area contributed by atoms with Gasteiger partial charge in [-0.05, 0) is 56.3 Å². The summed E-state index contributed by atoms with van der Waals surface area (Å²) in [5.74, 6) is 0.599. The average molecular weight is 566 g/mol. The molecule has 210 valence electrons. The molecule has 0 aliphatic heterocycles. The molecule has 0 bridgehead atoms. The number of fused-ring (bicyclic) bond motifs is 3. The zero-order chi connectivity index (χ0) is 29.5. The third-order valence-corrected chi connectivity index (χ3v) is 7.62. The van der Waals surface area contributed by atoms with Gasteiger partial charge < -0.3 is 14.3 Å². The Kier molecular flexibility index (Phi) is 6.43. The number of aryl methyl sites for hydroxylation is 1. The van der Waals surface area contributed by atoms with E-state index in [4.69, 9.17) is 14.5 Å². The molecule has 7 aromatic rings. The summed E-state index contributed by atoms with van der Waals surface area (Å²) < 4.78 is 9.35. The number of anilines is 1. The van der Waals surface area contributed by atoms with Crippen molar-refractivity contribution in [3.05, 3.63) is 130 Å². The molecule has 3 heterocycles. The Morgan fingerprint density at radius 2 is 1.63 bits per heavy atom. The van der Waals surface area contributed by atoms with Crippen LogP contribution in [0.15, 0.2) is 117 Å². The number of furan rings is 1. The Morgan fingerprint density at radius 3 is 2.44 bits per heavy atom. The van der Waals surface area contributed by atoms with Crippen LogP contribution in [-0.4, -0.2) is 26.3 Å². The van der Waals surface area contributed by atoms with Gasteiger partial charge in [0.05, 0.1) is 17.1 Å². The van der Waals surface area contributed by atoms with Gasteiger partial charge in [-0.2, -0.15) is 9.78 Å². The second-order valence-corrected chi connectivity index (χ2v) is 10.5. The SMILES string of the molecule is Cc1ccc(NC(=O)Cn2c(C)c(C=Nn3c(-c4cc5ccccc5o4)nc4ccccc4c3=O)c3ccccc32)cc1. The van der Waals surface area contributed by atoms with Gasteiger partial charge in [-0.25, -0.2) is 4.98 Å². The minimum Gasteiger partial charge on any atom is -0.453 e. The molecule has 43 heavy (non-hydrogen) atoms. The van der Waals surface area contributed by atoms with Crippen LogP contribution in [0, 0.1) is 13.8 Å². The van der Waals surface area contributed by atoms with Gasteiger partial charge in [-0.15, -0.1) is 0 Å². The number of nitrogens with zero attached hydrogens (tertiary/aromatic N) is 4. The zero-order valence-electron chi connectivity index (χ0n) is 23.6. The van der Waals surface area contributed by atoms with Crippen molar-refractivity contribution in [3.63, 3.8) is 0 Å². The van der Waals surface area contributed by atoms with E-state index in [1.54, 1.807) is 24.4 Å². The van der Waals surface area contributed by atoms with Gasteiger partial charge in [-0.3, -0.25) is 9.59 Å². The first-order chi connectivity index (χ1) is 21.0. The van der Waals surface area contributed by atoms with Crippen molar-refractivity contribution in [1.82, 2.24) is 14.2 Å². The van der Waals surface area contributed by atoms with E-state index < -0.39 is 0 Å². The van der Waals surface area contributed by atoms with Crippen molar-refractivity contribution in [1.29, 1.82) is 0 Å². The molecule has 0 spiro atoms. The Balaban J connectivity index is 1.32. The van der Waals surface area contributed by atoms with Crippen LogP contribution in [0.1, 0.15) is 16.8 Å². The first kappa shape index (κ1) is 26.2.